The number of anilines is 4. The number of hydrogen-bond donors (Lipinski definition) is 3. The van der Waals surface area contributed by atoms with Gasteiger partial charge in [-0.2, -0.15) is 0 Å². The number of nitrogens with two attached hydrogens (primary N) is 1. The van der Waals surface area contributed by atoms with E-state index in [9.17, 15) is 14.4 Å². The minimum absolute atomic E-state index is 0.119. The number of nitrogens with one attached hydrogen (secondary N) is 2. The van der Waals surface area contributed by atoms with Gasteiger partial charge in [-0.05, 0) is 97.5 Å². The molecule has 0 bridgehead atoms. The van der Waals surface area contributed by atoms with Crippen LogP contribution in [0, 0.1) is 5.92 Å². The highest BCUT2D eigenvalue weighted by Gasteiger charge is 2.39. The van der Waals surface area contributed by atoms with Crippen molar-refractivity contribution in [2.24, 2.45) is 5.92 Å². The quantitative estimate of drug-likeness (QED) is 0.210. The average Bonchev–Trinajstić information content (AvgIpc) is 3.75. The molecule has 1 aromatic heterocycles. The molecule has 3 amide bonds. The maximum Gasteiger partial charge on any atom is 0.255 e. The molecule has 5 aliphatic heterocycles. The molecule has 4 saturated heterocycles. The van der Waals surface area contributed by atoms with E-state index < -0.39 is 6.04 Å². The Morgan fingerprint density at radius 3 is 2.30 bits per heavy atom. The Morgan fingerprint density at radius 1 is 0.778 bits per heavy atom. The number of hydrogen-bond acceptors (Lipinski definition) is 8. The fourth-order valence-corrected chi connectivity index (χ4v) is 9.86. The number of nitrogen functional groups attached to an aromatic ring is 1. The van der Waals surface area contributed by atoms with Gasteiger partial charge in [0.25, 0.3) is 5.91 Å². The monoisotopic (exact) mass is 748 g/mol. The van der Waals surface area contributed by atoms with Crippen LogP contribution in [0.3, 0.4) is 0 Å². The lowest BCUT2D eigenvalue weighted by molar-refractivity contribution is -0.136. The number of H-pyrrole nitrogens is 1. The summed E-state index contributed by atoms with van der Waals surface area (Å²) in [5.74, 6) is 0.512. The first-order valence-corrected chi connectivity index (χ1v) is 20.1. The standard InChI is InChI=1S/C42H49ClN8O3/c43-34-6-7-36(40-39(34)35(44)24-45-40)50-16-12-28(13-17-50)29-2-1-3-31(22-29)48-14-10-27(11-15-48)25-47-18-20-49(21-19-47)32-4-5-33-30(23-32)26-51(42(33)54)37-8-9-38(52)46-41(37)53/h1-7,22-24,27-28,37,45H,8-21,25-26,44H2,(H,46,52,53). The Kier molecular flexibility index (Phi) is 9.39. The van der Waals surface area contributed by atoms with Crippen LogP contribution in [-0.4, -0.2) is 97.4 Å². The number of benzene rings is 3. The number of aromatic nitrogens is 1. The van der Waals surface area contributed by atoms with Gasteiger partial charge in [-0.3, -0.25) is 24.6 Å². The van der Waals surface area contributed by atoms with Gasteiger partial charge < -0.3 is 30.3 Å². The number of aromatic amines is 1. The third-order valence-electron chi connectivity index (χ3n) is 12.7. The molecular weight excluding hydrogens is 700 g/mol. The number of rotatable bonds is 7. The molecule has 0 radical (unpaired) electrons. The maximum atomic E-state index is 13.1. The first kappa shape index (κ1) is 35.0. The molecule has 0 saturated carbocycles. The van der Waals surface area contributed by atoms with Crippen LogP contribution in [0.15, 0.2) is 60.8 Å². The van der Waals surface area contributed by atoms with Crippen molar-refractivity contribution in [2.45, 2.75) is 57.0 Å². The second-order valence-corrected chi connectivity index (χ2v) is 16.3. The van der Waals surface area contributed by atoms with Gasteiger partial charge in [-0.25, -0.2) is 0 Å². The number of carbonyl (C=O) groups excluding carboxylic acids is 3. The van der Waals surface area contributed by atoms with Crippen LogP contribution in [0.2, 0.25) is 5.02 Å². The molecule has 5 aliphatic rings. The van der Waals surface area contributed by atoms with E-state index in [1.807, 2.05) is 24.4 Å². The number of fused-ring (bicyclic) bond motifs is 2. The summed E-state index contributed by atoms with van der Waals surface area (Å²) in [5, 5.41) is 4.00. The zero-order valence-corrected chi connectivity index (χ0v) is 31.5. The second kappa shape index (κ2) is 14.5. The Morgan fingerprint density at radius 2 is 1.52 bits per heavy atom. The van der Waals surface area contributed by atoms with Crippen molar-refractivity contribution in [3.8, 4) is 0 Å². The predicted octanol–water partition coefficient (Wildman–Crippen LogP) is 5.59. The van der Waals surface area contributed by atoms with Gasteiger partial charge in [0, 0.05) is 100 Å². The van der Waals surface area contributed by atoms with E-state index in [0.717, 1.165) is 93.9 Å². The number of carbonyl (C=O) groups is 3. The first-order chi connectivity index (χ1) is 26.3. The number of imide groups is 1. The smallest absolute Gasteiger partial charge is 0.255 e. The molecule has 11 nitrogen and oxygen atoms in total. The van der Waals surface area contributed by atoms with Gasteiger partial charge in [0.1, 0.15) is 6.04 Å². The average molecular weight is 749 g/mol. The Labute approximate surface area is 321 Å². The van der Waals surface area contributed by atoms with E-state index in [2.05, 4.69) is 66.3 Å². The van der Waals surface area contributed by atoms with Crippen LogP contribution < -0.4 is 25.8 Å². The molecule has 54 heavy (non-hydrogen) atoms. The summed E-state index contributed by atoms with van der Waals surface area (Å²) in [6, 6.07) is 18.9. The van der Waals surface area contributed by atoms with Crippen molar-refractivity contribution >= 4 is 63.0 Å². The highest BCUT2D eigenvalue weighted by molar-refractivity contribution is 6.37. The molecule has 282 valence electrons. The summed E-state index contributed by atoms with van der Waals surface area (Å²) in [6.45, 7) is 9.74. The number of halogens is 1. The van der Waals surface area contributed by atoms with Crippen molar-refractivity contribution in [1.29, 1.82) is 0 Å². The minimum Gasteiger partial charge on any atom is -0.397 e. The van der Waals surface area contributed by atoms with E-state index in [4.69, 9.17) is 17.3 Å². The Bertz CT molecular complexity index is 2080. The third kappa shape index (κ3) is 6.66. The second-order valence-electron chi connectivity index (χ2n) is 15.9. The lowest BCUT2D eigenvalue weighted by atomic mass is 9.88. The normalized spacial score (nSPS) is 22.0. The first-order valence-electron chi connectivity index (χ1n) is 19.7. The number of piperidine rings is 3. The van der Waals surface area contributed by atoms with Crippen LogP contribution in [0.25, 0.3) is 10.9 Å². The van der Waals surface area contributed by atoms with Crippen LogP contribution in [-0.2, 0) is 16.1 Å². The van der Waals surface area contributed by atoms with Gasteiger partial charge in [0.2, 0.25) is 11.8 Å². The molecule has 4 N–H and O–H groups in total. The van der Waals surface area contributed by atoms with E-state index in [1.165, 1.54) is 29.8 Å². The highest BCUT2D eigenvalue weighted by atomic mass is 35.5. The van der Waals surface area contributed by atoms with Gasteiger partial charge >= 0.3 is 0 Å². The molecule has 1 atom stereocenters. The third-order valence-corrected chi connectivity index (χ3v) is 13.0. The topological polar surface area (TPSA) is 121 Å². The van der Waals surface area contributed by atoms with Gasteiger partial charge in [-0.15, -0.1) is 0 Å². The van der Waals surface area contributed by atoms with Gasteiger partial charge in [0.05, 0.1) is 21.9 Å². The summed E-state index contributed by atoms with van der Waals surface area (Å²) in [6.07, 6.45) is 7.15. The van der Waals surface area contributed by atoms with Crippen molar-refractivity contribution in [3.05, 3.63) is 82.5 Å². The Balaban J connectivity index is 0.741. The maximum absolute atomic E-state index is 13.1. The predicted molar refractivity (Wildman–Crippen MR) is 214 cm³/mol. The van der Waals surface area contributed by atoms with Crippen molar-refractivity contribution in [2.75, 3.05) is 79.3 Å². The molecule has 0 aliphatic carbocycles. The highest BCUT2D eigenvalue weighted by Crippen LogP contribution is 2.39. The largest absolute Gasteiger partial charge is 0.397 e. The molecule has 1 unspecified atom stereocenters. The van der Waals surface area contributed by atoms with Crippen molar-refractivity contribution in [1.82, 2.24) is 20.1 Å². The van der Waals surface area contributed by atoms with Gasteiger partial charge in [-0.1, -0.05) is 23.7 Å². The van der Waals surface area contributed by atoms with E-state index in [0.29, 0.717) is 41.1 Å². The zero-order valence-electron chi connectivity index (χ0n) is 30.7. The number of nitrogens with zero attached hydrogens (tertiary/aromatic N) is 5. The van der Waals surface area contributed by atoms with E-state index in [1.54, 1.807) is 4.90 Å². The molecule has 3 aromatic carbocycles. The number of amides is 3. The van der Waals surface area contributed by atoms with Crippen LogP contribution >= 0.6 is 11.6 Å². The molecule has 4 fully saturated rings. The fourth-order valence-electron chi connectivity index (χ4n) is 9.59. The van der Waals surface area contributed by atoms with E-state index >= 15 is 0 Å². The van der Waals surface area contributed by atoms with Crippen LogP contribution in [0.4, 0.5) is 22.7 Å². The molecule has 0 spiro atoms. The zero-order chi connectivity index (χ0) is 36.9. The van der Waals surface area contributed by atoms with Crippen LogP contribution in [0.1, 0.15) is 65.9 Å². The summed E-state index contributed by atoms with van der Waals surface area (Å²) >= 11 is 6.47. The lowest BCUT2D eigenvalue weighted by Gasteiger charge is -2.40. The number of piperazine rings is 1. The SMILES string of the molecule is Nc1c[nH]c2c(N3CCC(c4cccc(N5CCC(CN6CCN(c7ccc8c(c7)CN(C7CCC(=O)NC7=O)C8=O)CC6)CC5)c4)CC3)ccc(Cl)c12. The molecule has 9 rings (SSSR count). The van der Waals surface area contributed by atoms with Crippen LogP contribution in [0.5, 0.6) is 0 Å². The van der Waals surface area contributed by atoms with E-state index in [-0.39, 0.29) is 24.1 Å². The van der Waals surface area contributed by atoms with Crippen molar-refractivity contribution in [3.63, 3.8) is 0 Å². The Hall–Kier alpha value is -4.74. The summed E-state index contributed by atoms with van der Waals surface area (Å²) < 4.78 is 0. The summed E-state index contributed by atoms with van der Waals surface area (Å²) in [5.41, 5.74) is 14.7. The summed E-state index contributed by atoms with van der Waals surface area (Å²) in [7, 11) is 0. The van der Waals surface area contributed by atoms with Crippen molar-refractivity contribution < 1.29 is 14.4 Å². The van der Waals surface area contributed by atoms with Gasteiger partial charge in [0.15, 0.2) is 0 Å². The fraction of sp³-hybridized carbons (Fsp3) is 0.452. The lowest BCUT2D eigenvalue weighted by Crippen LogP contribution is -2.52. The summed E-state index contributed by atoms with van der Waals surface area (Å²) in [4.78, 5) is 52.3. The molecule has 4 aromatic rings. The minimum atomic E-state index is -0.583. The molecule has 6 heterocycles. The molecule has 12 heteroatoms. The molecular formula is C42H49ClN8O3.